The Balaban J connectivity index is 1.45. The van der Waals surface area contributed by atoms with Crippen LogP contribution in [0.2, 0.25) is 0 Å². The lowest BCUT2D eigenvalue weighted by Crippen LogP contribution is -2.23. The zero-order valence-electron chi connectivity index (χ0n) is 13.9. The summed E-state index contributed by atoms with van der Waals surface area (Å²) in [6.07, 6.45) is 2.78. The van der Waals surface area contributed by atoms with Crippen molar-refractivity contribution in [2.45, 2.75) is 31.8 Å². The van der Waals surface area contributed by atoms with Crippen LogP contribution in [-0.4, -0.2) is 21.6 Å². The van der Waals surface area contributed by atoms with Crippen molar-refractivity contribution >= 4 is 0 Å². The highest BCUT2D eigenvalue weighted by molar-refractivity contribution is 5.21. The average Bonchev–Trinajstić information content (AvgIpc) is 3.26. The first-order chi connectivity index (χ1) is 12.3. The number of hydrogen-bond acceptors (Lipinski definition) is 4. The Bertz CT molecular complexity index is 834. The molecule has 0 unspecified atom stereocenters. The van der Waals surface area contributed by atoms with Crippen LogP contribution < -0.4 is 0 Å². The molecule has 0 bridgehead atoms. The number of hydrogen-bond donors (Lipinski definition) is 0. The second-order valence-corrected chi connectivity index (χ2v) is 6.45. The van der Waals surface area contributed by atoms with Gasteiger partial charge in [0.2, 0.25) is 5.89 Å². The van der Waals surface area contributed by atoms with Gasteiger partial charge in [-0.2, -0.15) is 4.98 Å². The summed E-state index contributed by atoms with van der Waals surface area (Å²) < 4.78 is 19.0. The third-order valence-electron chi connectivity index (χ3n) is 4.65. The molecule has 4 nitrogen and oxygen atoms in total. The van der Waals surface area contributed by atoms with Gasteiger partial charge in [-0.3, -0.25) is 4.90 Å². The van der Waals surface area contributed by atoms with E-state index in [0.717, 1.165) is 30.5 Å². The molecule has 0 saturated carbocycles. The summed E-state index contributed by atoms with van der Waals surface area (Å²) in [4.78, 5) is 6.81. The topological polar surface area (TPSA) is 42.2 Å². The normalized spacial score (nSPS) is 17.9. The van der Waals surface area contributed by atoms with Gasteiger partial charge in [-0.15, -0.1) is 0 Å². The predicted octanol–water partition coefficient (Wildman–Crippen LogP) is 4.14. The molecule has 0 radical (unpaired) electrons. The van der Waals surface area contributed by atoms with E-state index in [0.29, 0.717) is 24.7 Å². The first-order valence-corrected chi connectivity index (χ1v) is 8.63. The van der Waals surface area contributed by atoms with Gasteiger partial charge in [0.25, 0.3) is 0 Å². The summed E-state index contributed by atoms with van der Waals surface area (Å²) in [5.74, 6) is 1.13. The molecule has 1 fully saturated rings. The second kappa shape index (κ2) is 7.15. The van der Waals surface area contributed by atoms with Crippen LogP contribution in [0.3, 0.4) is 0 Å². The minimum atomic E-state index is -0.188. The van der Waals surface area contributed by atoms with Gasteiger partial charge >= 0.3 is 0 Å². The minimum absolute atomic E-state index is 0.188. The van der Waals surface area contributed by atoms with E-state index < -0.39 is 0 Å². The highest BCUT2D eigenvalue weighted by Gasteiger charge is 2.27. The van der Waals surface area contributed by atoms with E-state index >= 15 is 0 Å². The number of benzene rings is 2. The maximum atomic E-state index is 13.5. The highest BCUT2D eigenvalue weighted by Crippen LogP contribution is 2.33. The monoisotopic (exact) mass is 337 g/mol. The smallest absolute Gasteiger partial charge is 0.240 e. The van der Waals surface area contributed by atoms with Crippen LogP contribution >= 0.6 is 0 Å². The number of aromatic nitrogens is 2. The molecule has 2 aromatic carbocycles. The first-order valence-electron chi connectivity index (χ1n) is 8.63. The molecule has 0 amide bonds. The van der Waals surface area contributed by atoms with Gasteiger partial charge in [0.1, 0.15) is 5.82 Å². The summed E-state index contributed by atoms with van der Waals surface area (Å²) >= 11 is 0. The Morgan fingerprint density at radius 2 is 2.00 bits per heavy atom. The lowest BCUT2D eigenvalue weighted by atomic mass is 10.0. The largest absolute Gasteiger partial charge is 0.338 e. The highest BCUT2D eigenvalue weighted by atomic mass is 19.1. The van der Waals surface area contributed by atoms with E-state index in [1.165, 1.54) is 6.07 Å². The van der Waals surface area contributed by atoms with E-state index in [-0.39, 0.29) is 11.9 Å². The van der Waals surface area contributed by atoms with Crippen molar-refractivity contribution in [3.8, 4) is 0 Å². The molecule has 0 spiro atoms. The van der Waals surface area contributed by atoms with E-state index in [2.05, 4.69) is 27.2 Å². The lowest BCUT2D eigenvalue weighted by molar-refractivity contribution is 0.212. The number of nitrogens with zero attached hydrogens (tertiary/aromatic N) is 3. The average molecular weight is 337 g/mol. The third kappa shape index (κ3) is 3.77. The van der Waals surface area contributed by atoms with Gasteiger partial charge in [0.15, 0.2) is 5.82 Å². The second-order valence-electron chi connectivity index (χ2n) is 6.45. The van der Waals surface area contributed by atoms with Crippen LogP contribution in [0.25, 0.3) is 0 Å². The molecule has 1 atom stereocenters. The van der Waals surface area contributed by atoms with Gasteiger partial charge in [0, 0.05) is 12.5 Å². The van der Waals surface area contributed by atoms with Crippen LogP contribution in [0.1, 0.15) is 41.7 Å². The summed E-state index contributed by atoms with van der Waals surface area (Å²) in [5.41, 5.74) is 2.18. The Hall–Kier alpha value is -2.53. The van der Waals surface area contributed by atoms with Crippen LogP contribution in [0, 0.1) is 5.82 Å². The molecule has 5 heteroatoms. The van der Waals surface area contributed by atoms with E-state index in [9.17, 15) is 4.39 Å². The Morgan fingerprint density at radius 3 is 2.84 bits per heavy atom. The Morgan fingerprint density at radius 1 is 1.12 bits per heavy atom. The summed E-state index contributed by atoms with van der Waals surface area (Å²) in [7, 11) is 0. The van der Waals surface area contributed by atoms with Crippen LogP contribution in [0.15, 0.2) is 59.1 Å². The van der Waals surface area contributed by atoms with Crippen molar-refractivity contribution in [3.63, 3.8) is 0 Å². The van der Waals surface area contributed by atoms with Crippen molar-refractivity contribution in [3.05, 3.63) is 83.3 Å². The Kier molecular flexibility index (Phi) is 4.57. The molecule has 1 aromatic heterocycles. The molecule has 4 rings (SSSR count). The third-order valence-corrected chi connectivity index (χ3v) is 4.65. The molecule has 1 saturated heterocycles. The molecule has 0 N–H and O–H groups in total. The lowest BCUT2D eigenvalue weighted by Gasteiger charge is -2.23. The van der Waals surface area contributed by atoms with Gasteiger partial charge in [-0.1, -0.05) is 47.6 Å². The first kappa shape index (κ1) is 16.0. The summed E-state index contributed by atoms with van der Waals surface area (Å²) in [5, 5.41) is 4.09. The fourth-order valence-corrected chi connectivity index (χ4v) is 3.49. The number of halogens is 1. The quantitative estimate of drug-likeness (QED) is 0.702. The maximum Gasteiger partial charge on any atom is 0.240 e. The van der Waals surface area contributed by atoms with Crippen LogP contribution in [0.4, 0.5) is 4.39 Å². The molecular weight excluding hydrogens is 317 g/mol. The van der Waals surface area contributed by atoms with Crippen LogP contribution in [-0.2, 0) is 13.0 Å². The molecule has 1 aliphatic rings. The zero-order chi connectivity index (χ0) is 17.1. The molecular formula is C20H20FN3O. The maximum absolute atomic E-state index is 13.5. The number of rotatable bonds is 5. The van der Waals surface area contributed by atoms with Crippen molar-refractivity contribution in [1.82, 2.24) is 15.0 Å². The summed E-state index contributed by atoms with van der Waals surface area (Å²) in [6.45, 7) is 1.56. The van der Waals surface area contributed by atoms with E-state index in [1.807, 2.05) is 24.3 Å². The van der Waals surface area contributed by atoms with E-state index in [4.69, 9.17) is 4.52 Å². The molecule has 2 heterocycles. The molecule has 25 heavy (non-hydrogen) atoms. The van der Waals surface area contributed by atoms with Gasteiger partial charge in [-0.05, 0) is 42.6 Å². The predicted molar refractivity (Wildman–Crippen MR) is 92.3 cm³/mol. The molecule has 128 valence electrons. The Labute approximate surface area is 146 Å². The molecule has 1 aliphatic heterocycles. The standard InChI is InChI=1S/C20H20FN3O/c21-17-9-4-8-16(13-17)18-10-5-11-24(18)14-20-22-19(23-25-20)12-15-6-2-1-3-7-15/h1-4,6-9,13,18H,5,10-12,14H2/t18-/m0/s1. The van der Waals surface area contributed by atoms with Crippen molar-refractivity contribution in [2.24, 2.45) is 0 Å². The van der Waals surface area contributed by atoms with Crippen LogP contribution in [0.5, 0.6) is 0 Å². The SMILES string of the molecule is Fc1cccc([C@@H]2CCCN2Cc2nc(Cc3ccccc3)no2)c1. The fraction of sp³-hybridized carbons (Fsp3) is 0.300. The zero-order valence-corrected chi connectivity index (χ0v) is 13.9. The van der Waals surface area contributed by atoms with Crippen molar-refractivity contribution < 1.29 is 8.91 Å². The van der Waals surface area contributed by atoms with E-state index in [1.54, 1.807) is 12.1 Å². The van der Waals surface area contributed by atoms with Gasteiger partial charge in [-0.25, -0.2) is 4.39 Å². The number of likely N-dealkylation sites (tertiary alicyclic amines) is 1. The van der Waals surface area contributed by atoms with Gasteiger partial charge in [0.05, 0.1) is 6.54 Å². The van der Waals surface area contributed by atoms with Crippen molar-refractivity contribution in [1.29, 1.82) is 0 Å². The van der Waals surface area contributed by atoms with Gasteiger partial charge < -0.3 is 4.52 Å². The molecule has 3 aromatic rings. The molecule has 0 aliphatic carbocycles. The van der Waals surface area contributed by atoms with Crippen molar-refractivity contribution in [2.75, 3.05) is 6.54 Å². The minimum Gasteiger partial charge on any atom is -0.338 e. The summed E-state index contributed by atoms with van der Waals surface area (Å²) in [6, 6.07) is 17.2. The fourth-order valence-electron chi connectivity index (χ4n) is 3.49.